The molecule has 20 heavy (non-hydrogen) atoms. The van der Waals surface area contributed by atoms with Gasteiger partial charge in [-0.2, -0.15) is 0 Å². The lowest BCUT2D eigenvalue weighted by Gasteiger charge is -2.25. The topological polar surface area (TPSA) is 41.6 Å². The lowest BCUT2D eigenvalue weighted by molar-refractivity contribution is 0.0290. The third-order valence-corrected chi connectivity index (χ3v) is 4.12. The highest BCUT2D eigenvalue weighted by Gasteiger charge is 2.32. The lowest BCUT2D eigenvalue weighted by Crippen LogP contribution is -2.42. The highest BCUT2D eigenvalue weighted by molar-refractivity contribution is 5.68. The summed E-state index contributed by atoms with van der Waals surface area (Å²) in [5, 5.41) is 3.74. The molecule has 2 fully saturated rings. The van der Waals surface area contributed by atoms with Crippen LogP contribution in [0.15, 0.2) is 0 Å². The molecule has 1 aliphatic carbocycles. The SMILES string of the molecule is CCC(CC1CC1)NC1CCN(C(=O)OC(C)(C)C)C1. The van der Waals surface area contributed by atoms with E-state index in [1.165, 1.54) is 25.7 Å². The Bertz CT molecular complexity index is 334. The summed E-state index contributed by atoms with van der Waals surface area (Å²) >= 11 is 0. The number of carbonyl (C=O) groups excluding carboxylic acids is 1. The second-order valence-corrected chi connectivity index (χ2v) is 7.36. The highest BCUT2D eigenvalue weighted by Crippen LogP contribution is 2.34. The zero-order chi connectivity index (χ0) is 14.8. The lowest BCUT2D eigenvalue weighted by atomic mass is 10.1. The number of hydrogen-bond donors (Lipinski definition) is 1. The van der Waals surface area contributed by atoms with Crippen LogP contribution in [0.1, 0.15) is 59.8 Å². The number of nitrogens with zero attached hydrogens (tertiary/aromatic N) is 1. The summed E-state index contributed by atoms with van der Waals surface area (Å²) in [6, 6.07) is 1.05. The van der Waals surface area contributed by atoms with E-state index in [0.29, 0.717) is 12.1 Å². The minimum atomic E-state index is -0.402. The Morgan fingerprint density at radius 3 is 2.60 bits per heavy atom. The molecule has 2 rings (SSSR count). The van der Waals surface area contributed by atoms with Gasteiger partial charge >= 0.3 is 6.09 Å². The Balaban J connectivity index is 1.74. The van der Waals surface area contributed by atoms with E-state index in [1.807, 2.05) is 25.7 Å². The average Bonchev–Trinajstić information content (AvgIpc) is 3.02. The third-order valence-electron chi connectivity index (χ3n) is 4.12. The summed E-state index contributed by atoms with van der Waals surface area (Å²) in [5.41, 5.74) is -0.402. The molecule has 4 heteroatoms. The molecular formula is C16H30N2O2. The second-order valence-electron chi connectivity index (χ2n) is 7.36. The van der Waals surface area contributed by atoms with Gasteiger partial charge in [0.05, 0.1) is 0 Å². The summed E-state index contributed by atoms with van der Waals surface area (Å²) in [6.07, 6.45) is 6.18. The molecule has 0 bridgehead atoms. The van der Waals surface area contributed by atoms with Crippen molar-refractivity contribution in [2.24, 2.45) is 5.92 Å². The first-order valence-corrected chi connectivity index (χ1v) is 8.11. The highest BCUT2D eigenvalue weighted by atomic mass is 16.6. The number of hydrogen-bond acceptors (Lipinski definition) is 3. The maximum Gasteiger partial charge on any atom is 0.410 e. The van der Waals surface area contributed by atoms with Gasteiger partial charge in [-0.15, -0.1) is 0 Å². The summed E-state index contributed by atoms with van der Waals surface area (Å²) in [5.74, 6) is 0.954. The summed E-state index contributed by atoms with van der Waals surface area (Å²) in [4.78, 5) is 13.9. The van der Waals surface area contributed by atoms with Crippen molar-refractivity contribution in [3.63, 3.8) is 0 Å². The van der Waals surface area contributed by atoms with Crippen LogP contribution < -0.4 is 5.32 Å². The van der Waals surface area contributed by atoms with Crippen molar-refractivity contribution in [1.82, 2.24) is 10.2 Å². The van der Waals surface area contributed by atoms with Gasteiger partial charge in [0.25, 0.3) is 0 Å². The van der Waals surface area contributed by atoms with Crippen LogP contribution >= 0.6 is 0 Å². The quantitative estimate of drug-likeness (QED) is 0.842. The minimum absolute atomic E-state index is 0.169. The van der Waals surface area contributed by atoms with Crippen LogP contribution in [0.3, 0.4) is 0 Å². The first kappa shape index (κ1) is 15.6. The molecule has 1 heterocycles. The number of likely N-dealkylation sites (tertiary alicyclic amines) is 1. The van der Waals surface area contributed by atoms with Crippen molar-refractivity contribution in [3.8, 4) is 0 Å². The van der Waals surface area contributed by atoms with Crippen LogP contribution in [-0.4, -0.2) is 41.8 Å². The molecule has 2 aliphatic rings. The number of nitrogens with one attached hydrogen (secondary N) is 1. The Morgan fingerprint density at radius 1 is 1.35 bits per heavy atom. The van der Waals surface area contributed by atoms with Gasteiger partial charge in [0.1, 0.15) is 5.60 Å². The van der Waals surface area contributed by atoms with Crippen molar-refractivity contribution in [2.45, 2.75) is 77.5 Å². The van der Waals surface area contributed by atoms with Crippen molar-refractivity contribution >= 4 is 6.09 Å². The zero-order valence-electron chi connectivity index (χ0n) is 13.4. The monoisotopic (exact) mass is 282 g/mol. The molecule has 4 nitrogen and oxygen atoms in total. The summed E-state index contributed by atoms with van der Waals surface area (Å²) in [7, 11) is 0. The molecule has 1 N–H and O–H groups in total. The van der Waals surface area contributed by atoms with Gasteiger partial charge in [0.15, 0.2) is 0 Å². The first-order chi connectivity index (χ1) is 9.37. The van der Waals surface area contributed by atoms with Crippen LogP contribution in [0.2, 0.25) is 0 Å². The fraction of sp³-hybridized carbons (Fsp3) is 0.938. The second kappa shape index (κ2) is 6.33. The van der Waals surface area contributed by atoms with E-state index < -0.39 is 5.60 Å². The molecule has 0 spiro atoms. The molecule has 0 aromatic heterocycles. The van der Waals surface area contributed by atoms with E-state index in [1.54, 1.807) is 0 Å². The normalized spacial score (nSPS) is 24.8. The van der Waals surface area contributed by atoms with Crippen molar-refractivity contribution in [2.75, 3.05) is 13.1 Å². The molecule has 0 aromatic carbocycles. The summed E-state index contributed by atoms with van der Waals surface area (Å²) in [6.45, 7) is 9.60. The van der Waals surface area contributed by atoms with Crippen LogP contribution in [0.4, 0.5) is 4.79 Å². The standard InChI is InChI=1S/C16H30N2O2/c1-5-13(10-12-6-7-12)17-14-8-9-18(11-14)15(19)20-16(2,3)4/h12-14,17H,5-11H2,1-4H3. The number of carbonyl (C=O) groups is 1. The van der Waals surface area contributed by atoms with Gasteiger partial charge in [-0.1, -0.05) is 19.8 Å². The number of ether oxygens (including phenoxy) is 1. The van der Waals surface area contributed by atoms with E-state index >= 15 is 0 Å². The Hall–Kier alpha value is -0.770. The molecular weight excluding hydrogens is 252 g/mol. The predicted molar refractivity (Wildman–Crippen MR) is 80.8 cm³/mol. The molecule has 1 saturated heterocycles. The van der Waals surface area contributed by atoms with Crippen molar-refractivity contribution < 1.29 is 9.53 Å². The molecule has 2 atom stereocenters. The van der Waals surface area contributed by atoms with Gasteiger partial charge in [-0.05, 0) is 46.0 Å². The van der Waals surface area contributed by atoms with Gasteiger partial charge in [-0.3, -0.25) is 0 Å². The van der Waals surface area contributed by atoms with Gasteiger partial charge < -0.3 is 15.0 Å². The van der Waals surface area contributed by atoms with E-state index in [-0.39, 0.29) is 6.09 Å². The maximum atomic E-state index is 12.0. The smallest absolute Gasteiger partial charge is 0.410 e. The molecule has 116 valence electrons. The van der Waals surface area contributed by atoms with Crippen LogP contribution in [0.25, 0.3) is 0 Å². The molecule has 0 radical (unpaired) electrons. The average molecular weight is 282 g/mol. The van der Waals surface area contributed by atoms with Crippen molar-refractivity contribution in [1.29, 1.82) is 0 Å². The fourth-order valence-electron chi connectivity index (χ4n) is 2.83. The van der Waals surface area contributed by atoms with Crippen LogP contribution in [-0.2, 0) is 4.74 Å². The first-order valence-electron chi connectivity index (χ1n) is 8.11. The van der Waals surface area contributed by atoms with Crippen molar-refractivity contribution in [3.05, 3.63) is 0 Å². The largest absolute Gasteiger partial charge is 0.444 e. The summed E-state index contributed by atoms with van der Waals surface area (Å²) < 4.78 is 5.44. The number of rotatable bonds is 5. The fourth-order valence-corrected chi connectivity index (χ4v) is 2.83. The number of amides is 1. The molecule has 1 saturated carbocycles. The van der Waals surface area contributed by atoms with Crippen LogP contribution in [0, 0.1) is 5.92 Å². The Labute approximate surface area is 123 Å². The van der Waals surface area contributed by atoms with E-state index in [4.69, 9.17) is 4.74 Å². The Morgan fingerprint density at radius 2 is 2.05 bits per heavy atom. The van der Waals surface area contributed by atoms with E-state index in [9.17, 15) is 4.79 Å². The molecule has 1 amide bonds. The third kappa shape index (κ3) is 4.97. The predicted octanol–water partition coefficient (Wildman–Crippen LogP) is 3.16. The van der Waals surface area contributed by atoms with Gasteiger partial charge in [0.2, 0.25) is 0 Å². The molecule has 2 unspecified atom stereocenters. The van der Waals surface area contributed by atoms with Gasteiger partial charge in [0, 0.05) is 25.2 Å². The zero-order valence-corrected chi connectivity index (χ0v) is 13.4. The molecule has 1 aliphatic heterocycles. The maximum absolute atomic E-state index is 12.0. The van der Waals surface area contributed by atoms with E-state index in [0.717, 1.165) is 25.4 Å². The minimum Gasteiger partial charge on any atom is -0.444 e. The van der Waals surface area contributed by atoms with Gasteiger partial charge in [-0.25, -0.2) is 4.79 Å². The van der Waals surface area contributed by atoms with Crippen LogP contribution in [0.5, 0.6) is 0 Å². The van der Waals surface area contributed by atoms with E-state index in [2.05, 4.69) is 12.2 Å². The molecule has 0 aromatic rings. The Kier molecular flexibility index (Phi) is 4.95.